The molecule has 2 amide bonds. The molecule has 1 fully saturated rings. The monoisotopic (exact) mass is 369 g/mol. The number of para-hydroxylation sites is 1. The van der Waals surface area contributed by atoms with Gasteiger partial charge in [0.1, 0.15) is 12.2 Å². The van der Waals surface area contributed by atoms with Gasteiger partial charge in [-0.15, -0.1) is 0 Å². The Labute approximate surface area is 157 Å². The molecule has 2 heterocycles. The van der Waals surface area contributed by atoms with E-state index in [9.17, 15) is 9.59 Å². The van der Waals surface area contributed by atoms with E-state index in [4.69, 9.17) is 11.6 Å². The summed E-state index contributed by atoms with van der Waals surface area (Å²) in [6.45, 7) is 6.44. The Balaban J connectivity index is 1.71. The van der Waals surface area contributed by atoms with Crippen LogP contribution in [0.4, 0.5) is 5.69 Å². The summed E-state index contributed by atoms with van der Waals surface area (Å²) in [6, 6.07) is 14.7. The van der Waals surface area contributed by atoms with E-state index in [0.717, 1.165) is 5.69 Å². The van der Waals surface area contributed by atoms with Gasteiger partial charge in [0.05, 0.1) is 0 Å². The Morgan fingerprint density at radius 2 is 1.73 bits per heavy atom. The molecule has 2 aliphatic heterocycles. The van der Waals surface area contributed by atoms with E-state index in [0.29, 0.717) is 10.6 Å². The van der Waals surface area contributed by atoms with Crippen LogP contribution in [0.25, 0.3) is 0 Å². The van der Waals surface area contributed by atoms with Crippen molar-refractivity contribution in [1.29, 1.82) is 0 Å². The van der Waals surface area contributed by atoms with Crippen LogP contribution < -0.4 is 10.3 Å². The number of benzene rings is 2. The number of hydrazine groups is 1. The third-order valence-electron chi connectivity index (χ3n) is 5.88. The molecule has 2 aromatic rings. The maximum Gasteiger partial charge on any atom is 0.269 e. The summed E-state index contributed by atoms with van der Waals surface area (Å²) < 4.78 is 0. The molecule has 26 heavy (non-hydrogen) atoms. The molecule has 1 saturated heterocycles. The first-order chi connectivity index (χ1) is 12.3. The van der Waals surface area contributed by atoms with Crippen molar-refractivity contribution in [2.45, 2.75) is 31.8 Å². The van der Waals surface area contributed by atoms with Crippen LogP contribution in [0.2, 0.25) is 5.02 Å². The summed E-state index contributed by atoms with van der Waals surface area (Å²) in [5, 5.41) is 2.05. The molecule has 2 aliphatic rings. The van der Waals surface area contributed by atoms with Gasteiger partial charge in [-0.1, -0.05) is 43.6 Å². The SMILES string of the molecule is CC1(C)c2ccccc2N2CC(=O)N(NC(=O)c3ccc(Cl)cc3)C21C. The maximum atomic E-state index is 12.8. The van der Waals surface area contributed by atoms with Gasteiger partial charge in [0.2, 0.25) is 0 Å². The molecule has 0 radical (unpaired) electrons. The topological polar surface area (TPSA) is 52.7 Å². The van der Waals surface area contributed by atoms with E-state index in [2.05, 4.69) is 30.2 Å². The Morgan fingerprint density at radius 1 is 1.08 bits per heavy atom. The molecule has 5 nitrogen and oxygen atoms in total. The fourth-order valence-electron chi connectivity index (χ4n) is 4.09. The van der Waals surface area contributed by atoms with Gasteiger partial charge < -0.3 is 4.90 Å². The van der Waals surface area contributed by atoms with Crippen LogP contribution in [-0.2, 0) is 10.2 Å². The minimum atomic E-state index is -0.685. The molecular weight excluding hydrogens is 350 g/mol. The zero-order valence-corrected chi connectivity index (χ0v) is 15.7. The average Bonchev–Trinajstić information content (AvgIpc) is 2.96. The van der Waals surface area contributed by atoms with Crippen molar-refractivity contribution in [3.05, 3.63) is 64.7 Å². The number of carbonyl (C=O) groups is 2. The minimum absolute atomic E-state index is 0.127. The lowest BCUT2D eigenvalue weighted by molar-refractivity contribution is -0.134. The van der Waals surface area contributed by atoms with Gasteiger partial charge in [-0.05, 0) is 42.8 Å². The number of hydrogen-bond donors (Lipinski definition) is 1. The highest BCUT2D eigenvalue weighted by Gasteiger charge is 2.63. The summed E-state index contributed by atoms with van der Waals surface area (Å²) in [7, 11) is 0. The number of rotatable bonds is 2. The molecule has 1 unspecified atom stereocenters. The van der Waals surface area contributed by atoms with Crippen molar-refractivity contribution in [1.82, 2.24) is 10.4 Å². The minimum Gasteiger partial charge on any atom is -0.337 e. The van der Waals surface area contributed by atoms with Crippen LogP contribution in [0.15, 0.2) is 48.5 Å². The molecule has 0 aromatic heterocycles. The van der Waals surface area contributed by atoms with Gasteiger partial charge in [0.25, 0.3) is 11.8 Å². The summed E-state index contributed by atoms with van der Waals surface area (Å²) in [6.07, 6.45) is 0. The summed E-state index contributed by atoms with van der Waals surface area (Å²) in [5.41, 5.74) is 4.45. The van der Waals surface area contributed by atoms with Crippen LogP contribution in [0, 0.1) is 0 Å². The number of anilines is 1. The maximum absolute atomic E-state index is 12.8. The van der Waals surface area contributed by atoms with Crippen LogP contribution in [0.3, 0.4) is 0 Å². The number of halogens is 1. The molecule has 4 rings (SSSR count). The smallest absolute Gasteiger partial charge is 0.269 e. The largest absolute Gasteiger partial charge is 0.337 e. The normalized spacial score (nSPS) is 23.0. The van der Waals surface area contributed by atoms with Crippen molar-refractivity contribution in [3.8, 4) is 0 Å². The van der Waals surface area contributed by atoms with E-state index in [1.165, 1.54) is 10.6 Å². The van der Waals surface area contributed by atoms with Crippen molar-refractivity contribution in [2.75, 3.05) is 11.4 Å². The van der Waals surface area contributed by atoms with Crippen LogP contribution in [-0.4, -0.2) is 29.0 Å². The summed E-state index contributed by atoms with van der Waals surface area (Å²) in [4.78, 5) is 27.5. The lowest BCUT2D eigenvalue weighted by Gasteiger charge is -2.45. The molecule has 1 N–H and O–H groups in total. The zero-order valence-electron chi connectivity index (χ0n) is 14.9. The van der Waals surface area contributed by atoms with Gasteiger partial charge in [-0.3, -0.25) is 15.0 Å². The Bertz CT molecular complexity index is 910. The van der Waals surface area contributed by atoms with Crippen LogP contribution in [0.5, 0.6) is 0 Å². The fraction of sp³-hybridized carbons (Fsp3) is 0.300. The first kappa shape index (κ1) is 16.9. The van der Waals surface area contributed by atoms with E-state index in [-0.39, 0.29) is 23.8 Å². The molecule has 0 saturated carbocycles. The Hall–Kier alpha value is -2.53. The van der Waals surface area contributed by atoms with Gasteiger partial charge in [0.15, 0.2) is 0 Å². The number of nitrogens with one attached hydrogen (secondary N) is 1. The molecule has 0 spiro atoms. The quantitative estimate of drug-likeness (QED) is 0.883. The second kappa shape index (κ2) is 5.48. The summed E-state index contributed by atoms with van der Waals surface area (Å²) in [5.74, 6) is -0.456. The van der Waals surface area contributed by atoms with Gasteiger partial charge in [-0.25, -0.2) is 5.01 Å². The number of fused-ring (bicyclic) bond motifs is 3. The highest BCUT2D eigenvalue weighted by molar-refractivity contribution is 6.30. The lowest BCUT2D eigenvalue weighted by atomic mass is 9.76. The third-order valence-corrected chi connectivity index (χ3v) is 6.13. The number of carbonyl (C=O) groups excluding carboxylic acids is 2. The first-order valence-electron chi connectivity index (χ1n) is 8.53. The van der Waals surface area contributed by atoms with Crippen LogP contribution in [0.1, 0.15) is 36.7 Å². The Kier molecular flexibility index (Phi) is 3.57. The number of nitrogens with zero attached hydrogens (tertiary/aromatic N) is 2. The van der Waals surface area contributed by atoms with Crippen LogP contribution >= 0.6 is 11.6 Å². The van der Waals surface area contributed by atoms with E-state index >= 15 is 0 Å². The highest BCUT2D eigenvalue weighted by atomic mass is 35.5. The molecule has 6 heteroatoms. The van der Waals surface area contributed by atoms with Gasteiger partial charge in [-0.2, -0.15) is 0 Å². The fourth-order valence-corrected chi connectivity index (χ4v) is 4.22. The molecular formula is C20H20ClN3O2. The molecule has 2 aromatic carbocycles. The second-order valence-electron chi connectivity index (χ2n) is 7.43. The Morgan fingerprint density at radius 3 is 2.42 bits per heavy atom. The predicted molar refractivity (Wildman–Crippen MR) is 101 cm³/mol. The van der Waals surface area contributed by atoms with Gasteiger partial charge >= 0.3 is 0 Å². The second-order valence-corrected chi connectivity index (χ2v) is 7.86. The number of hydrogen-bond acceptors (Lipinski definition) is 3. The highest BCUT2D eigenvalue weighted by Crippen LogP contribution is 2.54. The molecule has 1 atom stereocenters. The third kappa shape index (κ3) is 2.10. The summed E-state index contributed by atoms with van der Waals surface area (Å²) >= 11 is 5.89. The molecule has 0 bridgehead atoms. The zero-order chi connectivity index (χ0) is 18.7. The lowest BCUT2D eigenvalue weighted by Crippen LogP contribution is -2.64. The molecule has 134 valence electrons. The van der Waals surface area contributed by atoms with Crippen molar-refractivity contribution < 1.29 is 9.59 Å². The van der Waals surface area contributed by atoms with Crippen molar-refractivity contribution in [3.63, 3.8) is 0 Å². The average molecular weight is 370 g/mol. The predicted octanol–water partition coefficient (Wildman–Crippen LogP) is 3.34. The van der Waals surface area contributed by atoms with E-state index in [1.54, 1.807) is 24.3 Å². The number of amides is 2. The standard InChI is InChI=1S/C20H20ClN3O2/c1-19(2)15-6-4-5-7-16(15)23-12-17(25)24(20(19,23)3)22-18(26)13-8-10-14(21)11-9-13/h4-11H,12H2,1-3H3,(H,22,26). The van der Waals surface area contributed by atoms with E-state index in [1.807, 2.05) is 25.1 Å². The molecule has 0 aliphatic carbocycles. The van der Waals surface area contributed by atoms with E-state index < -0.39 is 5.66 Å². The van der Waals surface area contributed by atoms with Gasteiger partial charge in [0, 0.05) is 21.7 Å². The van der Waals surface area contributed by atoms with Crippen molar-refractivity contribution >= 4 is 29.1 Å². The van der Waals surface area contributed by atoms with Crippen molar-refractivity contribution in [2.24, 2.45) is 0 Å². The first-order valence-corrected chi connectivity index (χ1v) is 8.91.